The van der Waals surface area contributed by atoms with E-state index in [-0.39, 0.29) is 10.8 Å². The van der Waals surface area contributed by atoms with Crippen LogP contribution in [0.15, 0.2) is 170 Å². The van der Waals surface area contributed by atoms with Gasteiger partial charge in [-0.15, -0.1) is 0 Å². The topological polar surface area (TPSA) is 35.0 Å². The molecule has 0 radical (unpaired) electrons. The molecule has 0 fully saturated rings. The second-order valence-corrected chi connectivity index (χ2v) is 16.5. The number of fused-ring (bicyclic) bond motifs is 11. The maximum absolute atomic E-state index is 6.63. The Labute approximate surface area is 328 Å². The van der Waals surface area contributed by atoms with Gasteiger partial charge in [0.1, 0.15) is 11.5 Å². The van der Waals surface area contributed by atoms with Gasteiger partial charge in [-0.3, -0.25) is 0 Å². The molecule has 1 aromatic heterocycles. The van der Waals surface area contributed by atoms with Crippen LogP contribution >= 0.6 is 0 Å². The van der Waals surface area contributed by atoms with Crippen LogP contribution in [0.1, 0.15) is 72.2 Å². The molecule has 0 bridgehead atoms. The highest BCUT2D eigenvalue weighted by molar-refractivity contribution is 5.84. The zero-order valence-corrected chi connectivity index (χ0v) is 32.0. The minimum Gasteiger partial charge on any atom is -0.457 e. The Balaban J connectivity index is 1.14. The molecular formula is C53H40N2O. The van der Waals surface area contributed by atoms with Crippen molar-refractivity contribution in [1.82, 2.24) is 9.97 Å². The summed E-state index contributed by atoms with van der Waals surface area (Å²) in [4.78, 5) is 10.7. The fraction of sp³-hybridized carbons (Fsp3) is 0.132. The largest absolute Gasteiger partial charge is 0.457 e. The fourth-order valence-corrected chi connectivity index (χ4v) is 10.1. The molecule has 0 amide bonds. The van der Waals surface area contributed by atoms with Gasteiger partial charge >= 0.3 is 0 Å². The van der Waals surface area contributed by atoms with Crippen LogP contribution < -0.4 is 4.74 Å². The van der Waals surface area contributed by atoms with Gasteiger partial charge in [0.25, 0.3) is 0 Å². The van der Waals surface area contributed by atoms with E-state index in [0.717, 1.165) is 50.7 Å². The third-order valence-corrected chi connectivity index (χ3v) is 12.8. The van der Waals surface area contributed by atoms with E-state index in [2.05, 4.69) is 198 Å². The Morgan fingerprint density at radius 1 is 0.357 bits per heavy atom. The Hall–Kier alpha value is -6.58. The lowest BCUT2D eigenvalue weighted by atomic mass is 9.53. The van der Waals surface area contributed by atoms with E-state index in [1.807, 2.05) is 0 Å². The standard InChI is InChI=1S/C53H40N2O/c1-51(2)38-19-9-8-18-36(38)37-28-26-34(30-44(37)51)47-32-46(33-16-6-5-7-17-33)54-50(55-47)35-27-29-41-45(31-35)52(3,4)39-20-10-11-21-40(39)53(41)42-22-12-14-24-48(42)56-49-25-15-13-23-43(49)53/h5-32H,1-4H3. The van der Waals surface area contributed by atoms with Gasteiger partial charge in [-0.25, -0.2) is 9.97 Å². The van der Waals surface area contributed by atoms with Crippen LogP contribution in [-0.2, 0) is 16.2 Å². The molecular weight excluding hydrogens is 681 g/mol. The molecule has 268 valence electrons. The van der Waals surface area contributed by atoms with Gasteiger partial charge in [-0.2, -0.15) is 0 Å². The summed E-state index contributed by atoms with van der Waals surface area (Å²) in [6.45, 7) is 9.37. The molecule has 2 heterocycles. The number of benzene rings is 7. The Bertz CT molecular complexity index is 2860. The summed E-state index contributed by atoms with van der Waals surface area (Å²) in [5.74, 6) is 2.49. The molecule has 56 heavy (non-hydrogen) atoms. The number of rotatable bonds is 3. The molecule has 0 atom stereocenters. The van der Waals surface area contributed by atoms with Crippen molar-refractivity contribution in [3.05, 3.63) is 214 Å². The number of para-hydroxylation sites is 2. The molecule has 3 heteroatoms. The summed E-state index contributed by atoms with van der Waals surface area (Å²) >= 11 is 0. The minimum absolute atomic E-state index is 0.113. The first-order valence-corrected chi connectivity index (χ1v) is 19.6. The fourth-order valence-electron chi connectivity index (χ4n) is 10.1. The van der Waals surface area contributed by atoms with E-state index < -0.39 is 5.41 Å². The van der Waals surface area contributed by atoms with Gasteiger partial charge in [0.05, 0.1) is 16.8 Å². The molecule has 0 N–H and O–H groups in total. The van der Waals surface area contributed by atoms with E-state index >= 15 is 0 Å². The molecule has 3 aliphatic rings. The van der Waals surface area contributed by atoms with Crippen molar-refractivity contribution >= 4 is 0 Å². The predicted molar refractivity (Wildman–Crippen MR) is 226 cm³/mol. The van der Waals surface area contributed by atoms with E-state index in [9.17, 15) is 0 Å². The van der Waals surface area contributed by atoms with Gasteiger partial charge in [0.15, 0.2) is 5.82 Å². The maximum atomic E-state index is 6.63. The van der Waals surface area contributed by atoms with Crippen molar-refractivity contribution in [3.8, 4) is 56.5 Å². The summed E-state index contributed by atoms with van der Waals surface area (Å²) in [6, 6.07) is 61.3. The molecule has 1 spiro atoms. The SMILES string of the molecule is CC1(C)c2ccccc2-c2ccc(-c3cc(-c4ccccc4)nc(-c4ccc5c(c4)C(C)(C)c4ccccc4C54c5ccccc5Oc5ccccc54)n3)cc21. The first-order chi connectivity index (χ1) is 27.3. The van der Waals surface area contributed by atoms with E-state index in [0.29, 0.717) is 5.82 Å². The summed E-state index contributed by atoms with van der Waals surface area (Å²) in [7, 11) is 0. The zero-order valence-electron chi connectivity index (χ0n) is 32.0. The highest BCUT2D eigenvalue weighted by Gasteiger charge is 2.52. The van der Waals surface area contributed by atoms with Crippen molar-refractivity contribution in [2.24, 2.45) is 0 Å². The van der Waals surface area contributed by atoms with Crippen molar-refractivity contribution < 1.29 is 4.74 Å². The zero-order chi connectivity index (χ0) is 37.8. The van der Waals surface area contributed by atoms with Crippen molar-refractivity contribution in [3.63, 3.8) is 0 Å². The van der Waals surface area contributed by atoms with E-state index in [4.69, 9.17) is 14.7 Å². The molecule has 8 aromatic rings. The lowest BCUT2D eigenvalue weighted by Crippen LogP contribution is -2.43. The Kier molecular flexibility index (Phi) is 6.86. The number of hydrogen-bond acceptors (Lipinski definition) is 3. The molecule has 1 aliphatic heterocycles. The highest BCUT2D eigenvalue weighted by Crippen LogP contribution is 2.61. The number of hydrogen-bond donors (Lipinski definition) is 0. The van der Waals surface area contributed by atoms with Crippen LogP contribution in [0.2, 0.25) is 0 Å². The third-order valence-electron chi connectivity index (χ3n) is 12.8. The van der Waals surface area contributed by atoms with Crippen LogP contribution in [-0.4, -0.2) is 9.97 Å². The smallest absolute Gasteiger partial charge is 0.160 e. The summed E-state index contributed by atoms with van der Waals surface area (Å²) in [6.07, 6.45) is 0. The number of nitrogens with zero attached hydrogens (tertiary/aromatic N) is 2. The van der Waals surface area contributed by atoms with E-state index in [1.54, 1.807) is 0 Å². The number of ether oxygens (including phenoxy) is 1. The van der Waals surface area contributed by atoms with Gasteiger partial charge < -0.3 is 4.74 Å². The third kappa shape index (κ3) is 4.46. The van der Waals surface area contributed by atoms with Gasteiger partial charge in [0, 0.05) is 38.6 Å². The minimum atomic E-state index is -0.571. The predicted octanol–water partition coefficient (Wildman–Crippen LogP) is 12.9. The monoisotopic (exact) mass is 720 g/mol. The van der Waals surface area contributed by atoms with Crippen LogP contribution in [0, 0.1) is 0 Å². The normalized spacial score (nSPS) is 15.7. The van der Waals surface area contributed by atoms with Crippen LogP contribution in [0.5, 0.6) is 11.5 Å². The molecule has 7 aromatic carbocycles. The molecule has 2 aliphatic carbocycles. The van der Waals surface area contributed by atoms with Crippen molar-refractivity contribution in [2.45, 2.75) is 43.9 Å². The molecule has 0 saturated heterocycles. The maximum Gasteiger partial charge on any atom is 0.160 e. The van der Waals surface area contributed by atoms with Crippen LogP contribution in [0.3, 0.4) is 0 Å². The molecule has 3 nitrogen and oxygen atoms in total. The lowest BCUT2D eigenvalue weighted by Gasteiger charge is -2.50. The molecule has 0 saturated carbocycles. The lowest BCUT2D eigenvalue weighted by molar-refractivity contribution is 0.425. The van der Waals surface area contributed by atoms with E-state index in [1.165, 1.54) is 44.5 Å². The second-order valence-electron chi connectivity index (χ2n) is 16.5. The van der Waals surface area contributed by atoms with Gasteiger partial charge in [-0.1, -0.05) is 167 Å². The molecule has 11 rings (SSSR count). The molecule has 0 unspecified atom stereocenters. The number of aromatic nitrogens is 2. The summed E-state index contributed by atoms with van der Waals surface area (Å²) < 4.78 is 6.63. The van der Waals surface area contributed by atoms with Gasteiger partial charge in [-0.05, 0) is 74.8 Å². The van der Waals surface area contributed by atoms with Gasteiger partial charge in [0.2, 0.25) is 0 Å². The highest BCUT2D eigenvalue weighted by atomic mass is 16.5. The first kappa shape index (κ1) is 32.8. The Morgan fingerprint density at radius 2 is 0.857 bits per heavy atom. The first-order valence-electron chi connectivity index (χ1n) is 19.6. The van der Waals surface area contributed by atoms with Crippen LogP contribution in [0.25, 0.3) is 45.0 Å². The van der Waals surface area contributed by atoms with Crippen molar-refractivity contribution in [1.29, 1.82) is 0 Å². The Morgan fingerprint density at radius 3 is 1.57 bits per heavy atom. The average molecular weight is 721 g/mol. The summed E-state index contributed by atoms with van der Waals surface area (Å²) in [5, 5.41) is 0. The average Bonchev–Trinajstić information content (AvgIpc) is 3.47. The second kappa shape index (κ2) is 11.7. The van der Waals surface area contributed by atoms with Crippen LogP contribution in [0.4, 0.5) is 0 Å². The van der Waals surface area contributed by atoms with Crippen molar-refractivity contribution in [2.75, 3.05) is 0 Å². The quantitative estimate of drug-likeness (QED) is 0.182. The summed E-state index contributed by atoms with van der Waals surface area (Å²) in [5.41, 5.74) is 16.7.